The first-order valence-electron chi connectivity index (χ1n) is 8.45. The Labute approximate surface area is 156 Å². The van der Waals surface area contributed by atoms with Gasteiger partial charge >= 0.3 is 0 Å². The molecule has 7 nitrogen and oxygen atoms in total. The third-order valence-corrected chi connectivity index (χ3v) is 4.54. The lowest BCUT2D eigenvalue weighted by atomic mass is 10.3. The average Bonchev–Trinajstić information content (AvgIpc) is 3.11. The van der Waals surface area contributed by atoms with Crippen LogP contribution in [0.5, 0.6) is 5.75 Å². The molecule has 1 aliphatic rings. The summed E-state index contributed by atoms with van der Waals surface area (Å²) in [6.45, 7) is 3.35. The molecule has 1 aliphatic heterocycles. The molecule has 1 N–H and O–H groups in total. The predicted molar refractivity (Wildman–Crippen MR) is 101 cm³/mol. The Hall–Kier alpha value is -2.54. The Balaban J connectivity index is 1.81. The van der Waals surface area contributed by atoms with Crippen LogP contribution < -0.4 is 20.5 Å². The average molecular weight is 377 g/mol. The van der Waals surface area contributed by atoms with Gasteiger partial charge in [-0.1, -0.05) is 11.6 Å². The van der Waals surface area contributed by atoms with Crippen LogP contribution in [0.3, 0.4) is 0 Å². The summed E-state index contributed by atoms with van der Waals surface area (Å²) in [7, 11) is 1.52. The predicted octanol–water partition coefficient (Wildman–Crippen LogP) is 2.45. The number of aryl methyl sites for hydroxylation is 1. The maximum Gasteiger partial charge on any atom is 0.255 e. The molecule has 3 rings (SSSR count). The number of methoxy groups -OCH3 is 1. The standard InChI is InChI=1S/C18H21ClN4O3/c1-12-9-17(25)23(18(20-12)22-7-3-4-8-22)11-16(24)21-13-5-6-15(26-2)14(19)10-13/h5-6,9-10H,3-4,7-8,11H2,1-2H3,(H,21,24). The normalized spacial score (nSPS) is 13.7. The number of nitrogens with zero attached hydrogens (tertiary/aromatic N) is 3. The van der Waals surface area contributed by atoms with Gasteiger partial charge in [0.15, 0.2) is 0 Å². The van der Waals surface area contributed by atoms with Gasteiger partial charge in [-0.15, -0.1) is 0 Å². The highest BCUT2D eigenvalue weighted by molar-refractivity contribution is 6.32. The minimum absolute atomic E-state index is 0.110. The van der Waals surface area contributed by atoms with E-state index < -0.39 is 0 Å². The van der Waals surface area contributed by atoms with Gasteiger partial charge in [0.2, 0.25) is 11.9 Å². The Morgan fingerprint density at radius 2 is 2.04 bits per heavy atom. The van der Waals surface area contributed by atoms with Crippen molar-refractivity contribution in [2.75, 3.05) is 30.4 Å². The molecule has 1 fully saturated rings. The summed E-state index contributed by atoms with van der Waals surface area (Å²) in [5, 5.41) is 3.16. The van der Waals surface area contributed by atoms with E-state index in [1.807, 2.05) is 4.90 Å². The van der Waals surface area contributed by atoms with Crippen molar-refractivity contribution in [2.24, 2.45) is 0 Å². The monoisotopic (exact) mass is 376 g/mol. The largest absolute Gasteiger partial charge is 0.495 e. The number of ether oxygens (including phenoxy) is 1. The van der Waals surface area contributed by atoms with E-state index >= 15 is 0 Å². The number of benzene rings is 1. The van der Waals surface area contributed by atoms with Crippen molar-refractivity contribution in [3.8, 4) is 5.75 Å². The second-order valence-electron chi connectivity index (χ2n) is 6.21. The number of halogens is 1. The van der Waals surface area contributed by atoms with E-state index in [4.69, 9.17) is 16.3 Å². The van der Waals surface area contributed by atoms with E-state index in [1.165, 1.54) is 17.7 Å². The highest BCUT2D eigenvalue weighted by Crippen LogP contribution is 2.27. The number of nitrogens with one attached hydrogen (secondary N) is 1. The van der Waals surface area contributed by atoms with Gasteiger partial charge in [-0.25, -0.2) is 4.98 Å². The fourth-order valence-corrected chi connectivity index (χ4v) is 3.26. The lowest BCUT2D eigenvalue weighted by Crippen LogP contribution is -2.34. The van der Waals surface area contributed by atoms with Gasteiger partial charge in [-0.05, 0) is 38.0 Å². The summed E-state index contributed by atoms with van der Waals surface area (Å²) in [4.78, 5) is 31.4. The maximum atomic E-state index is 12.5. The van der Waals surface area contributed by atoms with E-state index in [0.717, 1.165) is 25.9 Å². The van der Waals surface area contributed by atoms with Crippen LogP contribution in [0, 0.1) is 6.92 Å². The summed E-state index contributed by atoms with van der Waals surface area (Å²) < 4.78 is 6.51. The zero-order chi connectivity index (χ0) is 18.7. The molecule has 0 radical (unpaired) electrons. The van der Waals surface area contributed by atoms with Gasteiger partial charge in [0, 0.05) is 30.5 Å². The van der Waals surface area contributed by atoms with Gasteiger partial charge in [0.05, 0.1) is 12.1 Å². The van der Waals surface area contributed by atoms with Gasteiger partial charge in [0.25, 0.3) is 5.56 Å². The Kier molecular flexibility index (Phi) is 5.46. The molecule has 1 saturated heterocycles. The Morgan fingerprint density at radius 1 is 1.31 bits per heavy atom. The van der Waals surface area contributed by atoms with Crippen LogP contribution in [-0.4, -0.2) is 35.7 Å². The van der Waals surface area contributed by atoms with Crippen LogP contribution in [0.15, 0.2) is 29.1 Å². The number of carbonyl (C=O) groups is 1. The molecular weight excluding hydrogens is 356 g/mol. The van der Waals surface area contributed by atoms with E-state index in [-0.39, 0.29) is 18.0 Å². The molecule has 0 spiro atoms. The lowest BCUT2D eigenvalue weighted by Gasteiger charge is -2.21. The van der Waals surface area contributed by atoms with Gasteiger partial charge in [0.1, 0.15) is 12.3 Å². The summed E-state index contributed by atoms with van der Waals surface area (Å²) in [5.74, 6) is 0.759. The number of hydrogen-bond donors (Lipinski definition) is 1. The number of aromatic nitrogens is 2. The van der Waals surface area contributed by atoms with Crippen molar-refractivity contribution in [3.63, 3.8) is 0 Å². The summed E-state index contributed by atoms with van der Waals surface area (Å²) in [5.41, 5.74) is 0.953. The molecule has 2 heterocycles. The SMILES string of the molecule is COc1ccc(NC(=O)Cn2c(N3CCCC3)nc(C)cc2=O)cc1Cl. The number of hydrogen-bond acceptors (Lipinski definition) is 5. The Morgan fingerprint density at radius 3 is 2.69 bits per heavy atom. The molecule has 1 aromatic heterocycles. The number of carbonyl (C=O) groups excluding carboxylic acids is 1. The molecule has 8 heteroatoms. The first-order chi connectivity index (χ1) is 12.5. The van der Waals surface area contributed by atoms with Crippen molar-refractivity contribution in [1.82, 2.24) is 9.55 Å². The molecule has 0 bridgehead atoms. The molecule has 138 valence electrons. The lowest BCUT2D eigenvalue weighted by molar-refractivity contribution is -0.116. The van der Waals surface area contributed by atoms with Crippen LogP contribution in [-0.2, 0) is 11.3 Å². The van der Waals surface area contributed by atoms with Crippen LogP contribution in [0.1, 0.15) is 18.5 Å². The second-order valence-corrected chi connectivity index (χ2v) is 6.62. The van der Waals surface area contributed by atoms with Crippen LogP contribution >= 0.6 is 11.6 Å². The fourth-order valence-electron chi connectivity index (χ4n) is 3.00. The first kappa shape index (κ1) is 18.3. The van der Waals surface area contributed by atoms with Crippen LogP contribution in [0.4, 0.5) is 11.6 Å². The summed E-state index contributed by atoms with van der Waals surface area (Å²) in [6, 6.07) is 6.42. The molecule has 2 aromatic rings. The van der Waals surface area contributed by atoms with Crippen LogP contribution in [0.25, 0.3) is 0 Å². The first-order valence-corrected chi connectivity index (χ1v) is 8.82. The smallest absolute Gasteiger partial charge is 0.255 e. The van der Waals surface area contributed by atoms with Gasteiger partial charge in [-0.2, -0.15) is 0 Å². The van der Waals surface area contributed by atoms with E-state index in [2.05, 4.69) is 10.3 Å². The number of amides is 1. The Bertz CT molecular complexity index is 875. The minimum atomic E-state index is -0.320. The summed E-state index contributed by atoms with van der Waals surface area (Å²) in [6.07, 6.45) is 2.11. The molecule has 0 atom stereocenters. The fraction of sp³-hybridized carbons (Fsp3) is 0.389. The molecule has 0 unspecified atom stereocenters. The maximum absolute atomic E-state index is 12.5. The zero-order valence-electron chi connectivity index (χ0n) is 14.8. The van der Waals surface area contributed by atoms with E-state index in [9.17, 15) is 9.59 Å². The quantitative estimate of drug-likeness (QED) is 0.867. The van der Waals surface area contributed by atoms with E-state index in [0.29, 0.717) is 28.1 Å². The van der Waals surface area contributed by atoms with E-state index in [1.54, 1.807) is 25.1 Å². The molecule has 26 heavy (non-hydrogen) atoms. The highest BCUT2D eigenvalue weighted by atomic mass is 35.5. The van der Waals surface area contributed by atoms with Crippen molar-refractivity contribution in [3.05, 3.63) is 45.3 Å². The van der Waals surface area contributed by atoms with Crippen molar-refractivity contribution in [1.29, 1.82) is 0 Å². The minimum Gasteiger partial charge on any atom is -0.495 e. The third kappa shape index (κ3) is 3.99. The molecule has 1 amide bonds. The molecule has 0 saturated carbocycles. The van der Waals surface area contributed by atoms with Gasteiger partial charge < -0.3 is 15.0 Å². The number of anilines is 2. The van der Waals surface area contributed by atoms with Crippen LogP contribution in [0.2, 0.25) is 5.02 Å². The zero-order valence-corrected chi connectivity index (χ0v) is 15.5. The number of rotatable bonds is 5. The van der Waals surface area contributed by atoms with Crippen molar-refractivity contribution in [2.45, 2.75) is 26.3 Å². The van der Waals surface area contributed by atoms with Gasteiger partial charge in [-0.3, -0.25) is 14.2 Å². The van der Waals surface area contributed by atoms with Crippen molar-refractivity contribution >= 4 is 29.1 Å². The molecular formula is C18H21ClN4O3. The molecule has 1 aromatic carbocycles. The summed E-state index contributed by atoms with van der Waals surface area (Å²) >= 11 is 6.08. The van der Waals surface area contributed by atoms with Crippen molar-refractivity contribution < 1.29 is 9.53 Å². The molecule has 0 aliphatic carbocycles. The topological polar surface area (TPSA) is 76.5 Å². The second kappa shape index (κ2) is 7.78. The highest BCUT2D eigenvalue weighted by Gasteiger charge is 2.20. The third-order valence-electron chi connectivity index (χ3n) is 4.24.